The van der Waals surface area contributed by atoms with E-state index in [4.69, 9.17) is 0 Å². The summed E-state index contributed by atoms with van der Waals surface area (Å²) in [5.74, 6) is 0.281. The van der Waals surface area contributed by atoms with Crippen molar-refractivity contribution in [2.45, 2.75) is 25.7 Å². The molecule has 134 valence electrons. The van der Waals surface area contributed by atoms with Crippen molar-refractivity contribution in [2.75, 3.05) is 10.0 Å². The summed E-state index contributed by atoms with van der Waals surface area (Å²) in [4.78, 5) is 4.51. The Hall–Kier alpha value is -2.86. The fourth-order valence-corrected chi connectivity index (χ4v) is 4.46. The lowest BCUT2D eigenvalue weighted by atomic mass is 10.1. The quantitative estimate of drug-likeness (QED) is 0.694. The molecule has 0 unspecified atom stereocenters. The smallest absolute Gasteiger partial charge is 0.263 e. The van der Waals surface area contributed by atoms with Crippen LogP contribution >= 0.6 is 0 Å². The van der Waals surface area contributed by atoms with Gasteiger partial charge in [0.15, 0.2) is 0 Å². The molecular formula is C20H21N3O2S. The third-order valence-corrected chi connectivity index (χ3v) is 5.60. The number of hydrogen-bond donors (Lipinski definition) is 2. The molecule has 2 aromatic carbocycles. The van der Waals surface area contributed by atoms with Gasteiger partial charge in [-0.25, -0.2) is 13.4 Å². The predicted octanol–water partition coefficient (Wildman–Crippen LogP) is 4.55. The highest BCUT2D eigenvalue weighted by Crippen LogP contribution is 2.24. The van der Waals surface area contributed by atoms with E-state index in [2.05, 4.69) is 15.0 Å². The van der Waals surface area contributed by atoms with Crippen LogP contribution < -0.4 is 10.0 Å². The van der Waals surface area contributed by atoms with Gasteiger partial charge in [0.05, 0.1) is 16.8 Å². The molecule has 0 aliphatic carbocycles. The van der Waals surface area contributed by atoms with Crippen LogP contribution in [0.15, 0.2) is 65.7 Å². The lowest BCUT2D eigenvalue weighted by Gasteiger charge is -2.14. The maximum absolute atomic E-state index is 12.8. The fourth-order valence-electron chi connectivity index (χ4n) is 3.00. The molecule has 0 spiro atoms. The minimum atomic E-state index is -3.70. The molecule has 0 saturated heterocycles. The third kappa shape index (κ3) is 4.03. The average Bonchev–Trinajstić information content (AvgIpc) is 2.56. The fraction of sp³-hybridized carbons (Fsp3) is 0.150. The van der Waals surface area contributed by atoms with Crippen LogP contribution in [0.2, 0.25) is 0 Å². The van der Waals surface area contributed by atoms with E-state index in [0.717, 1.165) is 28.1 Å². The lowest BCUT2D eigenvalue weighted by molar-refractivity contribution is 0.600. The van der Waals surface area contributed by atoms with Crippen LogP contribution in [0.5, 0.6) is 0 Å². The van der Waals surface area contributed by atoms with Crippen LogP contribution in [-0.4, -0.2) is 13.4 Å². The number of anilines is 3. The molecule has 1 heterocycles. The Kier molecular flexibility index (Phi) is 4.95. The standard InChI is InChI=1S/C20H21N3O2S/c1-14-11-15(2)20(16(3)12-14)26(24,25)23-19-10-9-18(13-21-19)22-17-7-5-4-6-8-17/h4-13,22H,1-3H3,(H,21,23). The molecule has 3 aromatic rings. The molecule has 0 atom stereocenters. The van der Waals surface area contributed by atoms with Gasteiger partial charge in [0.1, 0.15) is 5.82 Å². The minimum Gasteiger partial charge on any atom is -0.354 e. The van der Waals surface area contributed by atoms with Crippen LogP contribution in [0.25, 0.3) is 0 Å². The molecule has 0 bridgehead atoms. The number of benzene rings is 2. The van der Waals surface area contributed by atoms with Gasteiger partial charge in [-0.2, -0.15) is 0 Å². The number of nitrogens with zero attached hydrogens (tertiary/aromatic N) is 1. The first-order valence-corrected chi connectivity index (χ1v) is 9.72. The second kappa shape index (κ2) is 7.17. The number of sulfonamides is 1. The monoisotopic (exact) mass is 367 g/mol. The van der Waals surface area contributed by atoms with Crippen molar-refractivity contribution in [3.8, 4) is 0 Å². The summed E-state index contributed by atoms with van der Waals surface area (Å²) in [6.45, 7) is 5.55. The zero-order valence-corrected chi connectivity index (χ0v) is 15.8. The van der Waals surface area contributed by atoms with Gasteiger partial charge in [-0.3, -0.25) is 4.72 Å². The van der Waals surface area contributed by atoms with E-state index >= 15 is 0 Å². The lowest BCUT2D eigenvalue weighted by Crippen LogP contribution is -2.16. The van der Waals surface area contributed by atoms with Crippen molar-refractivity contribution < 1.29 is 8.42 Å². The molecule has 0 radical (unpaired) electrons. The van der Waals surface area contributed by atoms with Gasteiger partial charge in [-0.05, 0) is 56.2 Å². The second-order valence-electron chi connectivity index (χ2n) is 6.26. The van der Waals surface area contributed by atoms with Crippen LogP contribution in [0.1, 0.15) is 16.7 Å². The summed E-state index contributed by atoms with van der Waals surface area (Å²) in [5, 5.41) is 3.21. The predicted molar refractivity (Wildman–Crippen MR) is 105 cm³/mol. The van der Waals surface area contributed by atoms with Crippen LogP contribution in [-0.2, 0) is 10.0 Å². The number of aromatic nitrogens is 1. The normalized spacial score (nSPS) is 11.2. The summed E-state index contributed by atoms with van der Waals surface area (Å²) in [5.41, 5.74) is 4.19. The maximum Gasteiger partial charge on any atom is 0.263 e. The van der Waals surface area contributed by atoms with Gasteiger partial charge >= 0.3 is 0 Å². The number of para-hydroxylation sites is 1. The summed E-state index contributed by atoms with van der Waals surface area (Å²) in [6, 6.07) is 16.8. The van der Waals surface area contributed by atoms with Crippen LogP contribution in [0, 0.1) is 20.8 Å². The molecule has 0 aliphatic rings. The molecule has 6 heteroatoms. The zero-order chi connectivity index (χ0) is 18.7. The van der Waals surface area contributed by atoms with E-state index in [1.54, 1.807) is 32.2 Å². The second-order valence-corrected chi connectivity index (χ2v) is 7.88. The van der Waals surface area contributed by atoms with Gasteiger partial charge in [0.2, 0.25) is 0 Å². The highest BCUT2D eigenvalue weighted by molar-refractivity contribution is 7.92. The molecule has 26 heavy (non-hydrogen) atoms. The highest BCUT2D eigenvalue weighted by Gasteiger charge is 2.20. The van der Waals surface area contributed by atoms with Crippen molar-refractivity contribution in [2.24, 2.45) is 0 Å². The third-order valence-electron chi connectivity index (χ3n) is 3.94. The van der Waals surface area contributed by atoms with Gasteiger partial charge in [-0.15, -0.1) is 0 Å². The molecule has 0 aliphatic heterocycles. The van der Waals surface area contributed by atoms with Gasteiger partial charge in [0, 0.05) is 5.69 Å². The van der Waals surface area contributed by atoms with E-state index in [9.17, 15) is 8.42 Å². The highest BCUT2D eigenvalue weighted by atomic mass is 32.2. The SMILES string of the molecule is Cc1cc(C)c(S(=O)(=O)Nc2ccc(Nc3ccccc3)cn2)c(C)c1. The summed E-state index contributed by atoms with van der Waals surface area (Å²) in [7, 11) is -3.70. The Morgan fingerprint density at radius 2 is 1.50 bits per heavy atom. The molecule has 0 saturated carbocycles. The van der Waals surface area contributed by atoms with E-state index in [-0.39, 0.29) is 5.82 Å². The molecule has 1 aromatic heterocycles. The molecule has 0 fully saturated rings. The van der Waals surface area contributed by atoms with E-state index < -0.39 is 10.0 Å². The number of rotatable bonds is 5. The van der Waals surface area contributed by atoms with Crippen molar-refractivity contribution in [1.29, 1.82) is 0 Å². The minimum absolute atomic E-state index is 0.281. The van der Waals surface area contributed by atoms with Crippen molar-refractivity contribution in [3.05, 3.63) is 77.5 Å². The number of pyridine rings is 1. The van der Waals surface area contributed by atoms with Crippen LogP contribution in [0.4, 0.5) is 17.2 Å². The average molecular weight is 367 g/mol. The molecule has 2 N–H and O–H groups in total. The maximum atomic E-state index is 12.8. The first kappa shape index (κ1) is 17.9. The van der Waals surface area contributed by atoms with E-state index in [1.165, 1.54) is 0 Å². The first-order chi connectivity index (χ1) is 12.3. The molecule has 0 amide bonds. The Morgan fingerprint density at radius 3 is 2.08 bits per heavy atom. The molecule has 3 rings (SSSR count). The van der Waals surface area contributed by atoms with E-state index in [1.807, 2.05) is 49.4 Å². The topological polar surface area (TPSA) is 71.1 Å². The zero-order valence-electron chi connectivity index (χ0n) is 14.9. The summed E-state index contributed by atoms with van der Waals surface area (Å²) < 4.78 is 28.1. The Bertz CT molecular complexity index is 992. The van der Waals surface area contributed by atoms with Crippen molar-refractivity contribution in [3.63, 3.8) is 0 Å². The van der Waals surface area contributed by atoms with Gasteiger partial charge in [0.25, 0.3) is 10.0 Å². The molecular weight excluding hydrogens is 346 g/mol. The van der Waals surface area contributed by atoms with Crippen molar-refractivity contribution >= 4 is 27.2 Å². The largest absolute Gasteiger partial charge is 0.354 e. The Labute approximate surface area is 154 Å². The Balaban J connectivity index is 1.80. The molecule has 5 nitrogen and oxygen atoms in total. The van der Waals surface area contributed by atoms with Crippen LogP contribution in [0.3, 0.4) is 0 Å². The van der Waals surface area contributed by atoms with Crippen molar-refractivity contribution in [1.82, 2.24) is 4.98 Å². The summed E-state index contributed by atoms with van der Waals surface area (Å²) >= 11 is 0. The number of nitrogens with one attached hydrogen (secondary N) is 2. The van der Waals surface area contributed by atoms with E-state index in [0.29, 0.717) is 4.90 Å². The number of aryl methyl sites for hydroxylation is 3. The van der Waals surface area contributed by atoms with Gasteiger partial charge in [-0.1, -0.05) is 35.9 Å². The Morgan fingerprint density at radius 1 is 0.846 bits per heavy atom. The first-order valence-electron chi connectivity index (χ1n) is 8.24. The number of hydrogen-bond acceptors (Lipinski definition) is 4. The summed E-state index contributed by atoms with van der Waals surface area (Å²) in [6.07, 6.45) is 1.60. The van der Waals surface area contributed by atoms with Gasteiger partial charge < -0.3 is 5.32 Å².